The molecule has 1 aromatic heterocycles. The fraction of sp³-hybridized carbons (Fsp3) is 0.167. The van der Waals surface area contributed by atoms with Crippen LogP contribution in [0.15, 0.2) is 62.6 Å². The number of benzene rings is 2. The maximum Gasteiger partial charge on any atom is 0.336 e. The Morgan fingerprint density at radius 3 is 2.59 bits per heavy atom. The van der Waals surface area contributed by atoms with Crippen molar-refractivity contribution in [3.63, 3.8) is 0 Å². The van der Waals surface area contributed by atoms with Crippen molar-refractivity contribution in [2.24, 2.45) is 0 Å². The lowest BCUT2D eigenvalue weighted by molar-refractivity contribution is 0.306. The first-order chi connectivity index (χ1) is 10.7. The number of thioether (sulfide) groups is 1. The predicted octanol–water partition coefficient (Wildman–Crippen LogP) is 4.40. The summed E-state index contributed by atoms with van der Waals surface area (Å²) in [7, 11) is 0. The van der Waals surface area contributed by atoms with E-state index in [1.54, 1.807) is 17.8 Å². The Bertz CT molecular complexity index is 850. The quantitative estimate of drug-likeness (QED) is 0.529. The molecule has 0 spiro atoms. The molecule has 0 aliphatic heterocycles. The van der Waals surface area contributed by atoms with E-state index in [4.69, 9.17) is 9.15 Å². The molecule has 3 aromatic rings. The van der Waals surface area contributed by atoms with E-state index >= 15 is 0 Å². The molecular formula is C18H16O3S. The molecule has 0 N–H and O–H groups in total. The van der Waals surface area contributed by atoms with Crippen molar-refractivity contribution in [1.29, 1.82) is 0 Å². The van der Waals surface area contributed by atoms with E-state index in [9.17, 15) is 4.79 Å². The zero-order valence-electron chi connectivity index (χ0n) is 12.5. The van der Waals surface area contributed by atoms with E-state index in [1.165, 1.54) is 11.0 Å². The van der Waals surface area contributed by atoms with Crippen molar-refractivity contribution < 1.29 is 9.15 Å². The molecule has 0 amide bonds. The van der Waals surface area contributed by atoms with Gasteiger partial charge in [-0.05, 0) is 48.6 Å². The summed E-state index contributed by atoms with van der Waals surface area (Å²) in [4.78, 5) is 12.7. The lowest BCUT2D eigenvalue weighted by atomic mass is 10.1. The first-order valence-electron chi connectivity index (χ1n) is 6.96. The van der Waals surface area contributed by atoms with Gasteiger partial charge in [0, 0.05) is 22.4 Å². The molecule has 0 saturated carbocycles. The standard InChI is InChI=1S/C18H16O3S/c1-12-9-18(19)21-17-10-14(5-8-16(12)17)20-11-13-3-6-15(22-2)7-4-13/h3-10H,11H2,1-2H3. The van der Waals surface area contributed by atoms with E-state index in [1.807, 2.05) is 19.1 Å². The predicted molar refractivity (Wildman–Crippen MR) is 89.8 cm³/mol. The summed E-state index contributed by atoms with van der Waals surface area (Å²) in [5.74, 6) is 0.690. The van der Waals surface area contributed by atoms with E-state index in [0.29, 0.717) is 17.9 Å². The molecule has 0 saturated heterocycles. The third kappa shape index (κ3) is 3.17. The highest BCUT2D eigenvalue weighted by molar-refractivity contribution is 7.98. The molecule has 0 atom stereocenters. The summed E-state index contributed by atoms with van der Waals surface area (Å²) in [5, 5.41) is 0.927. The monoisotopic (exact) mass is 312 g/mol. The average Bonchev–Trinajstić information content (AvgIpc) is 2.53. The molecule has 0 radical (unpaired) electrons. The summed E-state index contributed by atoms with van der Waals surface area (Å²) < 4.78 is 11.0. The second-order valence-corrected chi connectivity index (χ2v) is 5.92. The second-order valence-electron chi connectivity index (χ2n) is 5.04. The molecular weight excluding hydrogens is 296 g/mol. The average molecular weight is 312 g/mol. The van der Waals surface area contributed by atoms with E-state index in [0.717, 1.165) is 16.5 Å². The first-order valence-corrected chi connectivity index (χ1v) is 8.18. The van der Waals surface area contributed by atoms with Gasteiger partial charge in [0.1, 0.15) is 17.9 Å². The van der Waals surface area contributed by atoms with Gasteiger partial charge < -0.3 is 9.15 Å². The van der Waals surface area contributed by atoms with Crippen LogP contribution in [0.5, 0.6) is 5.75 Å². The fourth-order valence-electron chi connectivity index (χ4n) is 2.28. The third-order valence-electron chi connectivity index (χ3n) is 3.49. The minimum Gasteiger partial charge on any atom is -0.489 e. The molecule has 0 fully saturated rings. The SMILES string of the molecule is CSc1ccc(COc2ccc3c(C)cc(=O)oc3c2)cc1. The lowest BCUT2D eigenvalue weighted by Gasteiger charge is -2.08. The Morgan fingerprint density at radius 2 is 1.86 bits per heavy atom. The Hall–Kier alpha value is -2.20. The maximum atomic E-state index is 11.4. The highest BCUT2D eigenvalue weighted by atomic mass is 32.2. The van der Waals surface area contributed by atoms with Crippen molar-refractivity contribution in [2.75, 3.05) is 6.26 Å². The molecule has 0 aliphatic carbocycles. The summed E-state index contributed by atoms with van der Waals surface area (Å²) in [6, 6.07) is 15.3. The van der Waals surface area contributed by atoms with Gasteiger partial charge in [-0.25, -0.2) is 4.79 Å². The van der Waals surface area contributed by atoms with Crippen molar-refractivity contribution in [3.05, 3.63) is 70.1 Å². The minimum absolute atomic E-state index is 0.338. The molecule has 1 heterocycles. The summed E-state index contributed by atoms with van der Waals surface area (Å²) >= 11 is 1.71. The Balaban J connectivity index is 1.80. The van der Waals surface area contributed by atoms with Gasteiger partial charge in [-0.3, -0.25) is 0 Å². The summed E-state index contributed by atoms with van der Waals surface area (Å²) in [6.45, 7) is 2.38. The Morgan fingerprint density at radius 1 is 1.09 bits per heavy atom. The van der Waals surface area contributed by atoms with Gasteiger partial charge in [0.2, 0.25) is 0 Å². The van der Waals surface area contributed by atoms with Crippen molar-refractivity contribution in [1.82, 2.24) is 0 Å². The molecule has 3 rings (SSSR count). The van der Waals surface area contributed by atoms with Gasteiger partial charge in [0.15, 0.2) is 0 Å². The fourth-order valence-corrected chi connectivity index (χ4v) is 2.69. The van der Waals surface area contributed by atoms with Crippen LogP contribution in [0.2, 0.25) is 0 Å². The van der Waals surface area contributed by atoms with Gasteiger partial charge in [0.25, 0.3) is 0 Å². The molecule has 0 bridgehead atoms. The van der Waals surface area contributed by atoms with Crippen LogP contribution >= 0.6 is 11.8 Å². The first kappa shape index (κ1) is 14.7. The number of hydrogen-bond donors (Lipinski definition) is 0. The van der Waals surface area contributed by atoms with Crippen molar-refractivity contribution in [2.45, 2.75) is 18.4 Å². The molecule has 112 valence electrons. The molecule has 2 aromatic carbocycles. The van der Waals surface area contributed by atoms with Crippen LogP contribution in [0.25, 0.3) is 11.0 Å². The van der Waals surface area contributed by atoms with Crippen LogP contribution in [0, 0.1) is 6.92 Å². The van der Waals surface area contributed by atoms with Crippen molar-refractivity contribution >= 4 is 22.7 Å². The molecule has 3 nitrogen and oxygen atoms in total. The minimum atomic E-state index is -0.338. The zero-order valence-corrected chi connectivity index (χ0v) is 13.3. The van der Waals surface area contributed by atoms with Gasteiger partial charge in [0.05, 0.1) is 0 Å². The zero-order chi connectivity index (χ0) is 15.5. The summed E-state index contributed by atoms with van der Waals surface area (Å²) in [6.07, 6.45) is 2.05. The highest BCUT2D eigenvalue weighted by Crippen LogP contribution is 2.23. The number of rotatable bonds is 4. The van der Waals surface area contributed by atoms with Crippen LogP contribution < -0.4 is 10.4 Å². The molecule has 22 heavy (non-hydrogen) atoms. The Labute approximate surface area is 132 Å². The van der Waals surface area contributed by atoms with E-state index in [2.05, 4.69) is 30.5 Å². The van der Waals surface area contributed by atoms with Gasteiger partial charge in [-0.2, -0.15) is 0 Å². The smallest absolute Gasteiger partial charge is 0.336 e. The third-order valence-corrected chi connectivity index (χ3v) is 4.23. The number of fused-ring (bicyclic) bond motifs is 1. The normalized spacial score (nSPS) is 10.8. The molecule has 4 heteroatoms. The van der Waals surface area contributed by atoms with Gasteiger partial charge >= 0.3 is 5.63 Å². The highest BCUT2D eigenvalue weighted by Gasteiger charge is 2.04. The topological polar surface area (TPSA) is 39.4 Å². The van der Waals surface area contributed by atoms with Crippen LogP contribution in [0.3, 0.4) is 0 Å². The number of aryl methyl sites for hydroxylation is 1. The van der Waals surface area contributed by atoms with Crippen LogP contribution in [0.4, 0.5) is 0 Å². The summed E-state index contributed by atoms with van der Waals surface area (Å²) in [5.41, 5.74) is 2.23. The number of ether oxygens (including phenoxy) is 1. The van der Waals surface area contributed by atoms with E-state index in [-0.39, 0.29) is 5.63 Å². The van der Waals surface area contributed by atoms with E-state index < -0.39 is 0 Å². The second kappa shape index (κ2) is 6.28. The van der Waals surface area contributed by atoms with Crippen molar-refractivity contribution in [3.8, 4) is 5.75 Å². The largest absolute Gasteiger partial charge is 0.489 e. The Kier molecular flexibility index (Phi) is 4.20. The maximum absolute atomic E-state index is 11.4. The van der Waals surface area contributed by atoms with Crippen LogP contribution in [-0.2, 0) is 6.61 Å². The van der Waals surface area contributed by atoms with Crippen LogP contribution in [0.1, 0.15) is 11.1 Å². The van der Waals surface area contributed by atoms with Gasteiger partial charge in [-0.1, -0.05) is 12.1 Å². The molecule has 0 aliphatic rings. The molecule has 0 unspecified atom stereocenters. The lowest BCUT2D eigenvalue weighted by Crippen LogP contribution is -1.99. The van der Waals surface area contributed by atoms with Crippen LogP contribution in [-0.4, -0.2) is 6.26 Å². The van der Waals surface area contributed by atoms with Gasteiger partial charge in [-0.15, -0.1) is 11.8 Å². The number of hydrogen-bond acceptors (Lipinski definition) is 4.